The fraction of sp³-hybridized carbons (Fsp3) is 0.259. The van der Waals surface area contributed by atoms with Crippen molar-refractivity contribution in [1.82, 2.24) is 4.90 Å². The highest BCUT2D eigenvalue weighted by Gasteiger charge is 2.47. The van der Waals surface area contributed by atoms with Crippen LogP contribution < -0.4 is 0 Å². The van der Waals surface area contributed by atoms with Gasteiger partial charge in [0.2, 0.25) is 0 Å². The highest BCUT2D eigenvalue weighted by atomic mass is 16.4. The molecule has 182 valence electrons. The van der Waals surface area contributed by atoms with Gasteiger partial charge in [0.25, 0.3) is 5.91 Å². The highest BCUT2D eigenvalue weighted by Crippen LogP contribution is 2.45. The lowest BCUT2D eigenvalue weighted by atomic mass is 9.77. The number of hydrogen-bond donors (Lipinski definition) is 1. The van der Waals surface area contributed by atoms with Crippen LogP contribution in [0.1, 0.15) is 50.1 Å². The predicted molar refractivity (Wildman–Crippen MR) is 134 cm³/mol. The number of fused-ring (bicyclic) bond motifs is 1. The minimum atomic E-state index is -1.07. The minimum absolute atomic E-state index is 0.155. The molecule has 3 aromatic rings. The summed E-state index contributed by atoms with van der Waals surface area (Å²) in [5.41, 5.74) is 12.5. The molecular formula is C27H25N5O4. The van der Waals surface area contributed by atoms with Crippen LogP contribution in [-0.2, 0) is 17.8 Å². The van der Waals surface area contributed by atoms with Crippen LogP contribution in [0, 0.1) is 11.8 Å². The molecule has 4 rings (SSSR count). The molecule has 3 atom stereocenters. The van der Waals surface area contributed by atoms with Gasteiger partial charge >= 0.3 is 5.97 Å². The number of benzene rings is 3. The lowest BCUT2D eigenvalue weighted by Gasteiger charge is -2.45. The van der Waals surface area contributed by atoms with Gasteiger partial charge < -0.3 is 10.0 Å². The molecule has 0 radical (unpaired) electrons. The van der Waals surface area contributed by atoms with Gasteiger partial charge in [-0.2, -0.15) is 4.91 Å². The van der Waals surface area contributed by atoms with E-state index in [1.54, 1.807) is 36.4 Å². The van der Waals surface area contributed by atoms with Crippen molar-refractivity contribution in [3.63, 3.8) is 0 Å². The number of hydrogen-bond acceptors (Lipinski definition) is 5. The molecule has 0 fully saturated rings. The Morgan fingerprint density at radius 2 is 1.78 bits per heavy atom. The average molecular weight is 484 g/mol. The van der Waals surface area contributed by atoms with Crippen molar-refractivity contribution in [2.75, 3.05) is 6.54 Å². The second-order valence-corrected chi connectivity index (χ2v) is 8.80. The van der Waals surface area contributed by atoms with Crippen molar-refractivity contribution in [3.8, 4) is 0 Å². The summed E-state index contributed by atoms with van der Waals surface area (Å²) < 4.78 is 0. The number of amides is 1. The Hall–Kier alpha value is -4.49. The lowest BCUT2D eigenvalue weighted by Crippen LogP contribution is -2.52. The van der Waals surface area contributed by atoms with E-state index in [2.05, 4.69) is 15.2 Å². The number of azide groups is 1. The topological polar surface area (TPSA) is 136 Å². The zero-order valence-electron chi connectivity index (χ0n) is 19.7. The molecule has 0 spiro atoms. The molecule has 3 aromatic carbocycles. The minimum Gasteiger partial charge on any atom is -0.481 e. The Morgan fingerprint density at radius 3 is 2.44 bits per heavy atom. The molecule has 0 unspecified atom stereocenters. The molecule has 0 aromatic heterocycles. The molecule has 9 nitrogen and oxygen atoms in total. The molecule has 9 heteroatoms. The Bertz CT molecular complexity index is 1340. The molecular weight excluding hydrogens is 458 g/mol. The summed E-state index contributed by atoms with van der Waals surface area (Å²) in [6.07, 6.45) is 0.345. The summed E-state index contributed by atoms with van der Waals surface area (Å²) in [7, 11) is 0. The Balaban J connectivity index is 1.90. The average Bonchev–Trinajstić information content (AvgIpc) is 2.88. The predicted octanol–water partition coefficient (Wildman–Crippen LogP) is 5.55. The molecule has 0 saturated carbocycles. The van der Waals surface area contributed by atoms with Crippen molar-refractivity contribution < 1.29 is 14.7 Å². The van der Waals surface area contributed by atoms with Crippen molar-refractivity contribution in [2.45, 2.75) is 37.9 Å². The van der Waals surface area contributed by atoms with Gasteiger partial charge in [-0.25, -0.2) is 0 Å². The molecule has 36 heavy (non-hydrogen) atoms. The van der Waals surface area contributed by atoms with Crippen LogP contribution in [0.4, 0.5) is 0 Å². The largest absolute Gasteiger partial charge is 0.481 e. The maximum atomic E-state index is 13.9. The van der Waals surface area contributed by atoms with E-state index in [0.29, 0.717) is 23.1 Å². The smallest absolute Gasteiger partial charge is 0.313 e. The standard InChI is InChI=1S/C27H25N5O4/c1-17-13-19(15-29-31-28)11-12-21(17)25-24(27(34)35)22-9-5-6-10-23(22)26(33)32(25)20(16-30-36)14-18-7-3-2-4-8-18/h2-13,20,24-25H,14-16H2,1H3,(H,34,35)/t20-,24+,25-/m0/s1. The Morgan fingerprint density at radius 1 is 1.06 bits per heavy atom. The van der Waals surface area contributed by atoms with E-state index in [0.717, 1.165) is 16.7 Å². The maximum absolute atomic E-state index is 13.9. The first-order valence-corrected chi connectivity index (χ1v) is 11.5. The van der Waals surface area contributed by atoms with E-state index in [1.165, 1.54) is 4.90 Å². The number of carbonyl (C=O) groups is 2. The number of nitroso groups, excluding NO2 is 1. The van der Waals surface area contributed by atoms with Crippen molar-refractivity contribution in [1.29, 1.82) is 0 Å². The van der Waals surface area contributed by atoms with E-state index in [9.17, 15) is 19.6 Å². The van der Waals surface area contributed by atoms with Crippen LogP contribution in [0.15, 0.2) is 83.1 Å². The monoisotopic (exact) mass is 483 g/mol. The van der Waals surface area contributed by atoms with Crippen molar-refractivity contribution >= 4 is 11.9 Å². The van der Waals surface area contributed by atoms with Gasteiger partial charge in [0.15, 0.2) is 0 Å². The quantitative estimate of drug-likeness (QED) is 0.185. The number of nitrogens with zero attached hydrogens (tertiary/aromatic N) is 5. The molecule has 1 heterocycles. The summed E-state index contributed by atoms with van der Waals surface area (Å²) in [6.45, 7) is 1.81. The SMILES string of the molecule is Cc1cc(CN=[N+]=[N-])ccc1[C@H]1[C@H](C(=O)O)c2ccccc2C(=O)N1[C@H](CN=O)Cc1ccccc1. The Labute approximate surface area is 208 Å². The van der Waals surface area contributed by atoms with Gasteiger partial charge in [-0.05, 0) is 52.8 Å². The molecule has 1 N–H and O–H groups in total. The molecule has 0 saturated heterocycles. The van der Waals surface area contributed by atoms with Crippen LogP contribution >= 0.6 is 0 Å². The van der Waals surface area contributed by atoms with Gasteiger partial charge in [-0.15, -0.1) is 0 Å². The fourth-order valence-corrected chi connectivity index (χ4v) is 5.05. The molecule has 1 aliphatic rings. The summed E-state index contributed by atoms with van der Waals surface area (Å²) >= 11 is 0. The molecule has 0 bridgehead atoms. The summed E-state index contributed by atoms with van der Waals surface area (Å²) in [6, 6.07) is 20.0. The third-order valence-corrected chi connectivity index (χ3v) is 6.60. The summed E-state index contributed by atoms with van der Waals surface area (Å²) in [5, 5.41) is 17.1. The fourth-order valence-electron chi connectivity index (χ4n) is 5.05. The number of rotatable bonds is 9. The third-order valence-electron chi connectivity index (χ3n) is 6.60. The summed E-state index contributed by atoms with van der Waals surface area (Å²) in [4.78, 5) is 42.5. The van der Waals surface area contributed by atoms with E-state index >= 15 is 0 Å². The molecule has 1 amide bonds. The first kappa shape index (κ1) is 24.6. The zero-order valence-corrected chi connectivity index (χ0v) is 19.7. The van der Waals surface area contributed by atoms with Crippen molar-refractivity contribution in [2.24, 2.45) is 10.3 Å². The van der Waals surface area contributed by atoms with E-state index in [-0.39, 0.29) is 19.0 Å². The number of carboxylic acids is 1. The van der Waals surface area contributed by atoms with E-state index in [4.69, 9.17) is 5.53 Å². The van der Waals surface area contributed by atoms with Gasteiger partial charge in [-0.3, -0.25) is 9.59 Å². The van der Waals surface area contributed by atoms with Crippen molar-refractivity contribution in [3.05, 3.63) is 122 Å². The number of carboxylic acid groups (broad SMARTS) is 1. The first-order chi connectivity index (χ1) is 17.5. The lowest BCUT2D eigenvalue weighted by molar-refractivity contribution is -0.140. The second kappa shape index (κ2) is 10.8. The van der Waals surface area contributed by atoms with Gasteiger partial charge in [-0.1, -0.05) is 77.0 Å². The zero-order chi connectivity index (χ0) is 25.7. The van der Waals surface area contributed by atoms with Crippen LogP contribution in [0.2, 0.25) is 0 Å². The number of aliphatic carboxylic acids is 1. The van der Waals surface area contributed by atoms with Crippen LogP contribution in [0.3, 0.4) is 0 Å². The van der Waals surface area contributed by atoms with Crippen LogP contribution in [0.25, 0.3) is 10.4 Å². The van der Waals surface area contributed by atoms with Gasteiger partial charge in [0.05, 0.1) is 18.6 Å². The van der Waals surface area contributed by atoms with Crippen LogP contribution in [-0.4, -0.2) is 34.5 Å². The first-order valence-electron chi connectivity index (χ1n) is 11.5. The summed E-state index contributed by atoms with van der Waals surface area (Å²) in [5.74, 6) is -2.46. The number of carbonyl (C=O) groups excluding carboxylic acids is 1. The van der Waals surface area contributed by atoms with Gasteiger partial charge in [0.1, 0.15) is 12.5 Å². The molecule has 1 aliphatic heterocycles. The van der Waals surface area contributed by atoms with Gasteiger partial charge in [0, 0.05) is 10.5 Å². The van der Waals surface area contributed by atoms with Crippen LogP contribution in [0.5, 0.6) is 0 Å². The maximum Gasteiger partial charge on any atom is 0.313 e. The Kier molecular flexibility index (Phi) is 7.42. The van der Waals surface area contributed by atoms with E-state index in [1.807, 2.05) is 43.3 Å². The second-order valence-electron chi connectivity index (χ2n) is 8.80. The third kappa shape index (κ3) is 4.82. The highest BCUT2D eigenvalue weighted by molar-refractivity contribution is 6.00. The van der Waals surface area contributed by atoms with E-state index < -0.39 is 24.0 Å². The number of aryl methyl sites for hydroxylation is 1. The normalized spacial score (nSPS) is 17.6. The molecule has 0 aliphatic carbocycles.